The van der Waals surface area contributed by atoms with E-state index in [9.17, 15) is 13.2 Å². The van der Waals surface area contributed by atoms with Crippen LogP contribution in [0.3, 0.4) is 0 Å². The second kappa shape index (κ2) is 3.20. The molecular weight excluding hydrogens is 208 g/mol. The monoisotopic (exact) mass is 214 g/mol. The van der Waals surface area contributed by atoms with Gasteiger partial charge in [0.2, 0.25) is 0 Å². The number of rotatable bonds is 1. The minimum Gasteiger partial charge on any atom is -0.446 e. The van der Waals surface area contributed by atoms with Gasteiger partial charge in [-0.1, -0.05) is 0 Å². The smallest absolute Gasteiger partial charge is 0.404 e. The zero-order chi connectivity index (χ0) is 9.35. The molecule has 1 saturated heterocycles. The van der Waals surface area contributed by atoms with Crippen LogP contribution >= 0.6 is 11.6 Å². The van der Waals surface area contributed by atoms with Crippen LogP contribution in [0.15, 0.2) is 0 Å². The van der Waals surface area contributed by atoms with Gasteiger partial charge in [0.05, 0.1) is 11.5 Å². The number of halogens is 1. The van der Waals surface area contributed by atoms with Crippen molar-refractivity contribution < 1.29 is 23.1 Å². The Kier molecular flexibility index (Phi) is 2.60. The summed E-state index contributed by atoms with van der Waals surface area (Å²) in [7, 11) is -3.28. The minimum absolute atomic E-state index is 0.355. The lowest BCUT2D eigenvalue weighted by Gasteiger charge is -2.10. The van der Waals surface area contributed by atoms with E-state index in [0.717, 1.165) is 0 Å². The van der Waals surface area contributed by atoms with E-state index in [1.54, 1.807) is 0 Å². The number of hydrogen-bond donors (Lipinski definition) is 1. The molecule has 1 fully saturated rings. The topological polar surface area (TPSA) is 80.7 Å². The van der Waals surface area contributed by atoms with Gasteiger partial charge in [0.25, 0.3) is 0 Å². The van der Waals surface area contributed by atoms with Crippen molar-refractivity contribution in [3.63, 3.8) is 0 Å². The molecule has 0 saturated carbocycles. The van der Waals surface area contributed by atoms with Crippen LogP contribution in [0.1, 0.15) is 0 Å². The van der Waals surface area contributed by atoms with Crippen LogP contribution in [-0.2, 0) is 14.6 Å². The van der Waals surface area contributed by atoms with Gasteiger partial charge in [-0.25, -0.2) is 13.2 Å². The summed E-state index contributed by atoms with van der Waals surface area (Å²) in [4.78, 5) is 10.2. The Morgan fingerprint density at radius 1 is 1.50 bits per heavy atom. The Bertz CT molecular complexity index is 284. The first-order valence-electron chi connectivity index (χ1n) is 3.15. The Balaban J connectivity index is 2.64. The average molecular weight is 215 g/mol. The summed E-state index contributed by atoms with van der Waals surface area (Å²) in [6.07, 6.45) is -2.17. The molecule has 0 amide bonds. The second-order valence-electron chi connectivity index (χ2n) is 2.54. The third-order valence-corrected chi connectivity index (χ3v) is 3.29. The molecule has 0 radical (unpaired) electrons. The van der Waals surface area contributed by atoms with E-state index in [1.807, 2.05) is 0 Å². The maximum atomic E-state index is 10.8. The largest absolute Gasteiger partial charge is 0.446 e. The van der Waals surface area contributed by atoms with Crippen molar-refractivity contribution in [2.24, 2.45) is 0 Å². The number of carbonyl (C=O) groups is 1. The first kappa shape index (κ1) is 9.76. The highest BCUT2D eigenvalue weighted by molar-refractivity contribution is 7.91. The first-order chi connectivity index (χ1) is 5.41. The van der Waals surface area contributed by atoms with Crippen molar-refractivity contribution in [3.8, 4) is 0 Å². The fourth-order valence-corrected chi connectivity index (χ4v) is 2.80. The van der Waals surface area contributed by atoms with Crippen LogP contribution < -0.4 is 0 Å². The molecule has 0 spiro atoms. The molecule has 7 heteroatoms. The van der Waals surface area contributed by atoms with E-state index in [4.69, 9.17) is 16.7 Å². The number of ether oxygens (including phenoxy) is 1. The van der Waals surface area contributed by atoms with Crippen molar-refractivity contribution in [1.82, 2.24) is 0 Å². The first-order valence-corrected chi connectivity index (χ1v) is 5.35. The zero-order valence-electron chi connectivity index (χ0n) is 5.94. The molecule has 12 heavy (non-hydrogen) atoms. The fraction of sp³-hybridized carbons (Fsp3) is 0.800. The molecular formula is C5H7ClO5S. The summed E-state index contributed by atoms with van der Waals surface area (Å²) < 4.78 is 26.0. The lowest BCUT2D eigenvalue weighted by atomic mass is 10.3. The SMILES string of the molecule is O=C(Cl)OC1CS(=O)(=O)CC1O. The maximum absolute atomic E-state index is 10.8. The molecule has 1 rings (SSSR count). The molecule has 5 nitrogen and oxygen atoms in total. The maximum Gasteiger partial charge on any atom is 0.404 e. The normalized spacial score (nSPS) is 33.2. The minimum atomic E-state index is -3.28. The van der Waals surface area contributed by atoms with Gasteiger partial charge in [-0.2, -0.15) is 0 Å². The van der Waals surface area contributed by atoms with E-state index in [0.29, 0.717) is 0 Å². The Hall–Kier alpha value is -0.330. The number of sulfone groups is 1. The van der Waals surface area contributed by atoms with Crippen LogP contribution in [0, 0.1) is 0 Å². The molecule has 1 aliphatic rings. The van der Waals surface area contributed by atoms with Crippen LogP contribution in [0.5, 0.6) is 0 Å². The van der Waals surface area contributed by atoms with Gasteiger partial charge in [-0.15, -0.1) is 0 Å². The van der Waals surface area contributed by atoms with Crippen LogP contribution in [0.4, 0.5) is 4.79 Å². The van der Waals surface area contributed by atoms with Crippen molar-refractivity contribution in [3.05, 3.63) is 0 Å². The summed E-state index contributed by atoms with van der Waals surface area (Å²) in [6.45, 7) is 0. The molecule has 0 aromatic carbocycles. The van der Waals surface area contributed by atoms with E-state index >= 15 is 0 Å². The van der Waals surface area contributed by atoms with Crippen LogP contribution in [-0.4, -0.2) is 42.7 Å². The zero-order valence-corrected chi connectivity index (χ0v) is 7.51. The van der Waals surface area contributed by atoms with Crippen molar-refractivity contribution in [1.29, 1.82) is 0 Å². The van der Waals surface area contributed by atoms with Crippen LogP contribution in [0.25, 0.3) is 0 Å². The van der Waals surface area contributed by atoms with Gasteiger partial charge in [0.1, 0.15) is 12.2 Å². The summed E-state index contributed by atoms with van der Waals surface area (Å²) in [5.74, 6) is -0.728. The van der Waals surface area contributed by atoms with Gasteiger partial charge in [-0.05, 0) is 0 Å². The van der Waals surface area contributed by atoms with E-state index in [1.165, 1.54) is 0 Å². The Morgan fingerprint density at radius 2 is 2.08 bits per heavy atom. The number of carbonyl (C=O) groups excluding carboxylic acids is 1. The molecule has 0 aromatic rings. The molecule has 70 valence electrons. The second-order valence-corrected chi connectivity index (χ2v) is 5.00. The third-order valence-electron chi connectivity index (χ3n) is 1.52. The molecule has 0 aromatic heterocycles. The Morgan fingerprint density at radius 3 is 2.42 bits per heavy atom. The lowest BCUT2D eigenvalue weighted by Crippen LogP contribution is -2.27. The molecule has 1 heterocycles. The summed E-state index contributed by atoms with van der Waals surface area (Å²) in [5, 5.41) is 9.06. The molecule has 2 atom stereocenters. The van der Waals surface area contributed by atoms with E-state index < -0.39 is 27.5 Å². The highest BCUT2D eigenvalue weighted by Crippen LogP contribution is 2.16. The molecule has 1 N–H and O–H groups in total. The molecule has 0 bridgehead atoms. The number of aliphatic hydroxyl groups is 1. The van der Waals surface area contributed by atoms with Crippen LogP contribution in [0.2, 0.25) is 0 Å². The number of aliphatic hydroxyl groups excluding tert-OH is 1. The van der Waals surface area contributed by atoms with Crippen molar-refractivity contribution in [2.75, 3.05) is 11.5 Å². The fourth-order valence-electron chi connectivity index (χ4n) is 1.03. The summed E-state index contributed by atoms with van der Waals surface area (Å²) in [5.41, 5.74) is -1.10. The van der Waals surface area contributed by atoms with Crippen molar-refractivity contribution >= 4 is 26.9 Å². The summed E-state index contributed by atoms with van der Waals surface area (Å²) >= 11 is 4.85. The Labute approximate surface area is 74.2 Å². The third kappa shape index (κ3) is 2.33. The molecule has 0 aliphatic carbocycles. The standard InChI is InChI=1S/C5H7ClO5S/c6-5(8)11-4-2-12(9,10)1-3(4)7/h3-4,7H,1-2H2. The van der Waals surface area contributed by atoms with Gasteiger partial charge in [0, 0.05) is 11.6 Å². The van der Waals surface area contributed by atoms with Gasteiger partial charge in [0.15, 0.2) is 9.84 Å². The predicted octanol–water partition coefficient (Wildman–Crippen LogP) is -0.480. The van der Waals surface area contributed by atoms with Crippen molar-refractivity contribution in [2.45, 2.75) is 12.2 Å². The average Bonchev–Trinajstić information content (AvgIpc) is 2.03. The highest BCUT2D eigenvalue weighted by Gasteiger charge is 2.38. The van der Waals surface area contributed by atoms with E-state index in [-0.39, 0.29) is 11.5 Å². The summed E-state index contributed by atoms with van der Waals surface area (Å²) in [6, 6.07) is 0. The number of hydrogen-bond acceptors (Lipinski definition) is 5. The lowest BCUT2D eigenvalue weighted by molar-refractivity contribution is 0.0453. The van der Waals surface area contributed by atoms with Gasteiger partial charge >= 0.3 is 5.43 Å². The van der Waals surface area contributed by atoms with Gasteiger partial charge < -0.3 is 9.84 Å². The highest BCUT2D eigenvalue weighted by atomic mass is 35.5. The van der Waals surface area contributed by atoms with E-state index in [2.05, 4.69) is 4.74 Å². The molecule has 2 unspecified atom stereocenters. The van der Waals surface area contributed by atoms with Gasteiger partial charge in [-0.3, -0.25) is 0 Å². The molecule has 1 aliphatic heterocycles. The predicted molar refractivity (Wildman–Crippen MR) is 40.8 cm³/mol. The quantitative estimate of drug-likeness (QED) is 0.597.